The van der Waals surface area contributed by atoms with Crippen LogP contribution < -0.4 is 0 Å². The van der Waals surface area contributed by atoms with E-state index in [2.05, 4.69) is 22.9 Å². The Kier molecular flexibility index (Phi) is 8.51. The van der Waals surface area contributed by atoms with Crippen LogP contribution in [0.15, 0.2) is 0 Å². The molecule has 0 bridgehead atoms. The molecule has 0 spiro atoms. The Morgan fingerprint density at radius 3 is 2.54 bits per heavy atom. The van der Waals surface area contributed by atoms with Crippen LogP contribution in [-0.4, -0.2) is 17.4 Å². The summed E-state index contributed by atoms with van der Waals surface area (Å²) >= 11 is 3.33. The number of hydrogen-bond acceptors (Lipinski definition) is 2. The number of esters is 1. The standard InChI is InChI=1S/C10H19BrO2/c1-3-5-6-7-9(11)10(12)13-8-4-2/h9H,3-8H2,1-2H3. The second kappa shape index (κ2) is 8.54. The monoisotopic (exact) mass is 250 g/mol. The molecule has 0 heterocycles. The van der Waals surface area contributed by atoms with Crippen molar-refractivity contribution in [2.45, 2.75) is 50.8 Å². The lowest BCUT2D eigenvalue weighted by Crippen LogP contribution is -2.17. The number of ether oxygens (including phenoxy) is 1. The van der Waals surface area contributed by atoms with Crippen molar-refractivity contribution in [3.63, 3.8) is 0 Å². The van der Waals surface area contributed by atoms with Crippen molar-refractivity contribution in [2.24, 2.45) is 0 Å². The average Bonchev–Trinajstić information content (AvgIpc) is 2.14. The number of hydrogen-bond donors (Lipinski definition) is 0. The van der Waals surface area contributed by atoms with E-state index in [0.29, 0.717) is 6.61 Å². The van der Waals surface area contributed by atoms with Crippen LogP contribution in [0.1, 0.15) is 46.0 Å². The Balaban J connectivity index is 3.45. The number of carbonyl (C=O) groups excluding carboxylic acids is 1. The molecule has 1 atom stereocenters. The summed E-state index contributed by atoms with van der Waals surface area (Å²) in [7, 11) is 0. The molecule has 0 aliphatic heterocycles. The molecular weight excluding hydrogens is 232 g/mol. The molecule has 78 valence electrons. The minimum atomic E-state index is -0.113. The van der Waals surface area contributed by atoms with Gasteiger partial charge < -0.3 is 4.74 Å². The van der Waals surface area contributed by atoms with Crippen molar-refractivity contribution < 1.29 is 9.53 Å². The number of rotatable bonds is 7. The van der Waals surface area contributed by atoms with Crippen LogP contribution in [0.3, 0.4) is 0 Å². The quantitative estimate of drug-likeness (QED) is 0.394. The van der Waals surface area contributed by atoms with Crippen LogP contribution in [0, 0.1) is 0 Å². The van der Waals surface area contributed by atoms with Gasteiger partial charge in [-0.05, 0) is 12.8 Å². The molecule has 0 radical (unpaired) electrons. The zero-order valence-corrected chi connectivity index (χ0v) is 10.1. The first-order chi connectivity index (χ1) is 6.22. The van der Waals surface area contributed by atoms with E-state index in [0.717, 1.165) is 19.3 Å². The van der Waals surface area contributed by atoms with E-state index in [4.69, 9.17) is 4.74 Å². The van der Waals surface area contributed by atoms with Gasteiger partial charge in [-0.2, -0.15) is 0 Å². The van der Waals surface area contributed by atoms with E-state index < -0.39 is 0 Å². The van der Waals surface area contributed by atoms with Crippen LogP contribution in [0.4, 0.5) is 0 Å². The van der Waals surface area contributed by atoms with E-state index in [1.165, 1.54) is 12.8 Å². The van der Waals surface area contributed by atoms with Crippen molar-refractivity contribution in [3.8, 4) is 0 Å². The maximum absolute atomic E-state index is 11.2. The summed E-state index contributed by atoms with van der Waals surface area (Å²) in [6, 6.07) is 0. The van der Waals surface area contributed by atoms with Crippen molar-refractivity contribution in [1.29, 1.82) is 0 Å². The van der Waals surface area contributed by atoms with E-state index in [-0.39, 0.29) is 10.8 Å². The first-order valence-electron chi connectivity index (χ1n) is 5.03. The van der Waals surface area contributed by atoms with Crippen molar-refractivity contribution >= 4 is 21.9 Å². The molecular formula is C10H19BrO2. The Morgan fingerprint density at radius 2 is 2.00 bits per heavy atom. The van der Waals surface area contributed by atoms with Crippen molar-refractivity contribution in [1.82, 2.24) is 0 Å². The molecule has 0 aliphatic rings. The largest absolute Gasteiger partial charge is 0.465 e. The molecule has 0 aromatic rings. The normalized spacial score (nSPS) is 12.5. The van der Waals surface area contributed by atoms with E-state index in [1.54, 1.807) is 0 Å². The van der Waals surface area contributed by atoms with Crippen LogP contribution >= 0.6 is 15.9 Å². The Labute approximate surface area is 89.2 Å². The Morgan fingerprint density at radius 1 is 1.31 bits per heavy atom. The lowest BCUT2D eigenvalue weighted by Gasteiger charge is -2.08. The summed E-state index contributed by atoms with van der Waals surface area (Å²) in [6.45, 7) is 4.68. The second-order valence-corrected chi connectivity index (χ2v) is 4.24. The van der Waals surface area contributed by atoms with Crippen LogP contribution in [0.25, 0.3) is 0 Å². The van der Waals surface area contributed by atoms with Gasteiger partial charge in [-0.25, -0.2) is 0 Å². The molecule has 2 nitrogen and oxygen atoms in total. The zero-order valence-electron chi connectivity index (χ0n) is 8.51. The SMILES string of the molecule is CCCCCC(Br)C(=O)OCCC. The van der Waals surface area contributed by atoms with Crippen LogP contribution in [-0.2, 0) is 9.53 Å². The summed E-state index contributed by atoms with van der Waals surface area (Å²) in [5, 5.41) is 0. The minimum Gasteiger partial charge on any atom is -0.465 e. The first-order valence-corrected chi connectivity index (χ1v) is 5.94. The van der Waals surface area contributed by atoms with Gasteiger partial charge in [0.1, 0.15) is 4.83 Å². The summed E-state index contributed by atoms with van der Waals surface area (Å²) < 4.78 is 5.00. The number of halogens is 1. The van der Waals surface area contributed by atoms with Gasteiger partial charge in [-0.3, -0.25) is 4.79 Å². The first kappa shape index (κ1) is 12.9. The highest BCUT2D eigenvalue weighted by Crippen LogP contribution is 2.12. The highest BCUT2D eigenvalue weighted by atomic mass is 79.9. The third-order valence-corrected chi connectivity index (χ3v) is 2.60. The third kappa shape index (κ3) is 7.05. The van der Waals surface area contributed by atoms with Gasteiger partial charge in [0.25, 0.3) is 0 Å². The molecule has 1 unspecified atom stereocenters. The zero-order chi connectivity index (χ0) is 10.1. The highest BCUT2D eigenvalue weighted by Gasteiger charge is 2.14. The molecule has 0 rings (SSSR count). The summed E-state index contributed by atoms with van der Waals surface area (Å²) in [6.07, 6.45) is 5.23. The smallest absolute Gasteiger partial charge is 0.319 e. The maximum atomic E-state index is 11.2. The predicted molar refractivity (Wildman–Crippen MR) is 58.1 cm³/mol. The van der Waals surface area contributed by atoms with Gasteiger partial charge in [-0.1, -0.05) is 49.0 Å². The summed E-state index contributed by atoms with van der Waals surface area (Å²) in [4.78, 5) is 11.1. The van der Waals surface area contributed by atoms with Gasteiger partial charge in [-0.15, -0.1) is 0 Å². The van der Waals surface area contributed by atoms with Gasteiger partial charge >= 0.3 is 5.97 Å². The average molecular weight is 251 g/mol. The number of alkyl halides is 1. The summed E-state index contributed by atoms with van der Waals surface area (Å²) in [5.74, 6) is -0.113. The second-order valence-electron chi connectivity index (χ2n) is 3.13. The lowest BCUT2D eigenvalue weighted by molar-refractivity contribution is -0.142. The van der Waals surface area contributed by atoms with Gasteiger partial charge in [0.05, 0.1) is 6.61 Å². The third-order valence-electron chi connectivity index (χ3n) is 1.77. The minimum absolute atomic E-state index is 0.106. The van der Waals surface area contributed by atoms with Gasteiger partial charge in [0.15, 0.2) is 0 Å². The van der Waals surface area contributed by atoms with Gasteiger partial charge in [0.2, 0.25) is 0 Å². The molecule has 0 aromatic heterocycles. The molecule has 0 N–H and O–H groups in total. The Bertz CT molecular complexity index is 137. The molecule has 0 saturated carbocycles. The fourth-order valence-electron chi connectivity index (χ4n) is 0.984. The number of unbranched alkanes of at least 4 members (excludes halogenated alkanes) is 2. The van der Waals surface area contributed by atoms with E-state index >= 15 is 0 Å². The fraction of sp³-hybridized carbons (Fsp3) is 0.900. The predicted octanol–water partition coefficient (Wildman–Crippen LogP) is 3.28. The Hall–Kier alpha value is -0.0500. The van der Waals surface area contributed by atoms with E-state index in [1.807, 2.05) is 6.92 Å². The molecule has 0 saturated heterocycles. The summed E-state index contributed by atoms with van der Waals surface area (Å²) in [5.41, 5.74) is 0. The number of carbonyl (C=O) groups is 1. The van der Waals surface area contributed by atoms with E-state index in [9.17, 15) is 4.79 Å². The molecule has 0 fully saturated rings. The molecule has 0 amide bonds. The molecule has 0 aromatic carbocycles. The maximum Gasteiger partial charge on any atom is 0.319 e. The van der Waals surface area contributed by atoms with Crippen LogP contribution in [0.2, 0.25) is 0 Å². The van der Waals surface area contributed by atoms with Gasteiger partial charge in [0, 0.05) is 0 Å². The molecule has 0 aliphatic carbocycles. The van der Waals surface area contributed by atoms with Crippen LogP contribution in [0.5, 0.6) is 0 Å². The topological polar surface area (TPSA) is 26.3 Å². The fourth-order valence-corrected chi connectivity index (χ4v) is 1.44. The van der Waals surface area contributed by atoms with Crippen molar-refractivity contribution in [3.05, 3.63) is 0 Å². The van der Waals surface area contributed by atoms with Crippen molar-refractivity contribution in [2.75, 3.05) is 6.61 Å². The molecule has 13 heavy (non-hydrogen) atoms. The molecule has 3 heteroatoms. The lowest BCUT2D eigenvalue weighted by atomic mass is 10.1. The highest BCUT2D eigenvalue weighted by molar-refractivity contribution is 9.10.